The molecule has 5 rings (SSSR count). The molecular weight excluding hydrogens is 446 g/mol. The molecular formula is C22H19N5O7. The number of aromatic amines is 1. The highest BCUT2D eigenvalue weighted by Crippen LogP contribution is 2.26. The fourth-order valence-electron chi connectivity index (χ4n) is 3.88. The fourth-order valence-corrected chi connectivity index (χ4v) is 3.88. The molecule has 0 radical (unpaired) electrons. The minimum atomic E-state index is -1.76. The highest BCUT2D eigenvalue weighted by atomic mass is 16.5. The number of aromatic nitrogens is 2. The van der Waals surface area contributed by atoms with E-state index >= 15 is 0 Å². The zero-order chi connectivity index (χ0) is 23.8. The number of rotatable bonds is 5. The summed E-state index contributed by atoms with van der Waals surface area (Å²) in [5, 5.41) is 19.4. The van der Waals surface area contributed by atoms with Crippen molar-refractivity contribution in [2.45, 2.75) is 18.8 Å². The minimum Gasteiger partial charge on any atom is -0.380 e. The highest BCUT2D eigenvalue weighted by Gasteiger charge is 2.39. The fraction of sp³-hybridized carbons (Fsp3) is 0.227. The van der Waals surface area contributed by atoms with Gasteiger partial charge in [0.05, 0.1) is 6.61 Å². The second-order valence-electron chi connectivity index (χ2n) is 7.76. The average Bonchev–Trinajstić information content (AvgIpc) is 3.44. The molecule has 174 valence electrons. The van der Waals surface area contributed by atoms with E-state index in [2.05, 4.69) is 25.3 Å². The Morgan fingerprint density at radius 3 is 2.71 bits per heavy atom. The van der Waals surface area contributed by atoms with Gasteiger partial charge in [0.15, 0.2) is 18.0 Å². The van der Waals surface area contributed by atoms with Crippen LogP contribution >= 0.6 is 0 Å². The first-order valence-electron chi connectivity index (χ1n) is 10.4. The Morgan fingerprint density at radius 1 is 1.18 bits per heavy atom. The summed E-state index contributed by atoms with van der Waals surface area (Å²) in [5.74, 6) is -2.08. The van der Waals surface area contributed by atoms with Crippen molar-refractivity contribution in [2.24, 2.45) is 0 Å². The number of benzene rings is 2. The summed E-state index contributed by atoms with van der Waals surface area (Å²) in [6.45, 7) is 0.759. The summed E-state index contributed by atoms with van der Waals surface area (Å²) in [5.41, 5.74) is 2.72. The van der Waals surface area contributed by atoms with Gasteiger partial charge in [-0.3, -0.25) is 23.9 Å². The van der Waals surface area contributed by atoms with Crippen LogP contribution in [0.1, 0.15) is 15.9 Å². The third kappa shape index (κ3) is 3.95. The van der Waals surface area contributed by atoms with E-state index in [1.54, 1.807) is 42.5 Å². The normalized spacial score (nSPS) is 18.4. The number of anilines is 2. The van der Waals surface area contributed by atoms with Gasteiger partial charge < -0.3 is 25.4 Å². The van der Waals surface area contributed by atoms with Crippen LogP contribution in [0.15, 0.2) is 51.8 Å². The number of H-pyrrole nitrogens is 1. The van der Waals surface area contributed by atoms with E-state index in [0.717, 1.165) is 5.56 Å². The maximum absolute atomic E-state index is 13.0. The van der Waals surface area contributed by atoms with Crippen LogP contribution in [0.5, 0.6) is 0 Å². The van der Waals surface area contributed by atoms with Crippen molar-refractivity contribution in [3.05, 3.63) is 64.1 Å². The Kier molecular flexibility index (Phi) is 5.43. The lowest BCUT2D eigenvalue weighted by Gasteiger charge is -2.34. The average molecular weight is 465 g/mol. The Bertz CT molecular complexity index is 1330. The molecule has 12 heteroatoms. The van der Waals surface area contributed by atoms with Crippen LogP contribution < -0.4 is 21.3 Å². The maximum Gasteiger partial charge on any atom is 0.439 e. The largest absolute Gasteiger partial charge is 0.439 e. The van der Waals surface area contributed by atoms with Gasteiger partial charge in [-0.25, -0.2) is 4.79 Å². The summed E-state index contributed by atoms with van der Waals surface area (Å²) in [6, 6.07) is 11.4. The molecule has 0 unspecified atom stereocenters. The molecule has 2 aliphatic rings. The monoisotopic (exact) mass is 465 g/mol. The Morgan fingerprint density at radius 2 is 1.97 bits per heavy atom. The zero-order valence-electron chi connectivity index (χ0n) is 17.6. The summed E-state index contributed by atoms with van der Waals surface area (Å²) < 4.78 is 9.88. The minimum absolute atomic E-state index is 0.106. The lowest BCUT2D eigenvalue weighted by atomic mass is 10.1. The third-order valence-electron chi connectivity index (χ3n) is 5.63. The van der Waals surface area contributed by atoms with E-state index in [1.165, 1.54) is 4.90 Å². The number of aliphatic hydroxyl groups excluding tert-OH is 1. The van der Waals surface area contributed by atoms with Gasteiger partial charge in [0, 0.05) is 35.6 Å². The molecule has 3 heterocycles. The molecule has 4 N–H and O–H groups in total. The standard InChI is InChI=1S/C22H19N5O7/c28-16(20(30)24-13-4-1-11(2-5-13)18-25-22(32)34-26-18)17-21(31)27(7-8-33-17)14-6-3-12-10-23-19(29)15(12)9-14/h1-6,9,16-17,28H,7-8,10H2,(H,23,29)(H,24,30)(H,25,26,32)/t16-,17-/m1/s1. The topological polar surface area (TPSA) is 167 Å². The van der Waals surface area contributed by atoms with Gasteiger partial charge >= 0.3 is 5.76 Å². The number of morpholine rings is 1. The highest BCUT2D eigenvalue weighted by molar-refractivity contribution is 6.05. The van der Waals surface area contributed by atoms with Gasteiger partial charge in [-0.2, -0.15) is 0 Å². The van der Waals surface area contributed by atoms with Crippen LogP contribution in [0.2, 0.25) is 0 Å². The summed E-state index contributed by atoms with van der Waals surface area (Å²) >= 11 is 0. The molecule has 3 aromatic rings. The molecule has 0 bridgehead atoms. The van der Waals surface area contributed by atoms with E-state index in [0.29, 0.717) is 29.0 Å². The number of fused-ring (bicyclic) bond motifs is 1. The van der Waals surface area contributed by atoms with E-state index in [4.69, 9.17) is 4.74 Å². The van der Waals surface area contributed by atoms with Crippen molar-refractivity contribution in [3.8, 4) is 11.4 Å². The zero-order valence-corrected chi connectivity index (χ0v) is 17.6. The van der Waals surface area contributed by atoms with Gasteiger partial charge in [-0.05, 0) is 42.0 Å². The molecule has 3 amide bonds. The molecule has 12 nitrogen and oxygen atoms in total. The lowest BCUT2D eigenvalue weighted by molar-refractivity contribution is -0.150. The predicted octanol–water partition coefficient (Wildman–Crippen LogP) is 0.00470. The molecule has 1 fully saturated rings. The van der Waals surface area contributed by atoms with Crippen molar-refractivity contribution < 1.29 is 28.8 Å². The molecule has 0 spiro atoms. The number of nitrogens with zero attached hydrogens (tertiary/aromatic N) is 2. The molecule has 2 aliphatic heterocycles. The van der Waals surface area contributed by atoms with Crippen LogP contribution in [-0.2, 0) is 20.9 Å². The van der Waals surface area contributed by atoms with E-state index < -0.39 is 29.8 Å². The number of nitrogens with one attached hydrogen (secondary N) is 3. The lowest BCUT2D eigenvalue weighted by Crippen LogP contribution is -2.55. The van der Waals surface area contributed by atoms with Gasteiger partial charge in [0.25, 0.3) is 17.7 Å². The van der Waals surface area contributed by atoms with Crippen LogP contribution in [0.4, 0.5) is 11.4 Å². The molecule has 1 aromatic heterocycles. The second kappa shape index (κ2) is 8.57. The maximum atomic E-state index is 13.0. The number of amides is 3. The van der Waals surface area contributed by atoms with E-state index in [9.17, 15) is 24.3 Å². The van der Waals surface area contributed by atoms with E-state index in [1.807, 2.05) is 0 Å². The Hall–Kier alpha value is -4.29. The first-order valence-corrected chi connectivity index (χ1v) is 10.4. The van der Waals surface area contributed by atoms with Crippen molar-refractivity contribution in [1.82, 2.24) is 15.5 Å². The molecule has 0 aliphatic carbocycles. The molecule has 0 saturated carbocycles. The van der Waals surface area contributed by atoms with Crippen LogP contribution in [0.3, 0.4) is 0 Å². The van der Waals surface area contributed by atoms with Crippen molar-refractivity contribution in [1.29, 1.82) is 0 Å². The number of carbonyl (C=O) groups excluding carboxylic acids is 3. The first-order chi connectivity index (χ1) is 16.4. The number of hydrogen-bond acceptors (Lipinski definition) is 8. The van der Waals surface area contributed by atoms with Crippen LogP contribution in [0, 0.1) is 0 Å². The molecule has 2 aromatic carbocycles. The number of hydrogen-bond donors (Lipinski definition) is 4. The summed E-state index contributed by atoms with van der Waals surface area (Å²) in [6.07, 6.45) is -3.17. The van der Waals surface area contributed by atoms with Crippen LogP contribution in [-0.4, -0.2) is 58.3 Å². The SMILES string of the molecule is O=C1NCc2ccc(N3CCO[C@H]([C@@H](O)C(=O)Nc4ccc(-c5noc(=O)[nH]5)cc4)C3=O)cc21. The summed E-state index contributed by atoms with van der Waals surface area (Å²) in [4.78, 5) is 52.5. The first kappa shape index (κ1) is 21.6. The Balaban J connectivity index is 1.27. The number of aliphatic hydroxyl groups is 1. The van der Waals surface area contributed by atoms with Crippen LogP contribution in [0.25, 0.3) is 11.4 Å². The molecule has 2 atom stereocenters. The summed E-state index contributed by atoms with van der Waals surface area (Å²) in [7, 11) is 0. The molecule has 1 saturated heterocycles. The quantitative estimate of drug-likeness (QED) is 0.409. The van der Waals surface area contributed by atoms with Crippen molar-refractivity contribution in [3.63, 3.8) is 0 Å². The van der Waals surface area contributed by atoms with Crippen molar-refractivity contribution >= 4 is 29.1 Å². The van der Waals surface area contributed by atoms with Gasteiger partial charge in [0.1, 0.15) is 0 Å². The van der Waals surface area contributed by atoms with Crippen molar-refractivity contribution in [2.75, 3.05) is 23.4 Å². The molecule has 34 heavy (non-hydrogen) atoms. The van der Waals surface area contributed by atoms with Gasteiger partial charge in [-0.1, -0.05) is 11.2 Å². The smallest absolute Gasteiger partial charge is 0.380 e. The van der Waals surface area contributed by atoms with Gasteiger partial charge in [-0.15, -0.1) is 0 Å². The Labute approximate surface area is 191 Å². The second-order valence-corrected chi connectivity index (χ2v) is 7.76. The predicted molar refractivity (Wildman–Crippen MR) is 117 cm³/mol. The number of carbonyl (C=O) groups is 3. The third-order valence-corrected chi connectivity index (χ3v) is 5.63. The number of ether oxygens (including phenoxy) is 1. The van der Waals surface area contributed by atoms with E-state index in [-0.39, 0.29) is 24.9 Å². The van der Waals surface area contributed by atoms with Gasteiger partial charge in [0.2, 0.25) is 0 Å².